The highest BCUT2D eigenvalue weighted by Gasteiger charge is 2.60. The van der Waals surface area contributed by atoms with Crippen LogP contribution in [0.2, 0.25) is 0 Å². The van der Waals surface area contributed by atoms with E-state index in [1.165, 1.54) is 42.5 Å². The maximum absolute atomic E-state index is 11.9. The van der Waals surface area contributed by atoms with Crippen LogP contribution in [0.1, 0.15) is 39.8 Å². The molecule has 0 saturated heterocycles. The standard InChI is InChI=1S/C30H24O12/c31-13-7-20(37)24-22(8-13)41-30(12-2-4-16(33)19(36)6-12)29(39)26(24)25-23(42-30)10-17(34)14-9-21(38)27(40-28(14)25)11-1-3-15(32)18(35)5-11/h1-8,10,21,26-27,29,31-39H,9H2/t21-,26+,27-,29+,30+/m0/s1. The Hall–Kier alpha value is -5.20. The van der Waals surface area contributed by atoms with Crippen molar-refractivity contribution in [1.29, 1.82) is 0 Å². The Kier molecular flexibility index (Phi) is 5.30. The van der Waals surface area contributed by atoms with Gasteiger partial charge in [0, 0.05) is 46.9 Å². The molecule has 7 rings (SSSR count). The van der Waals surface area contributed by atoms with E-state index in [4.69, 9.17) is 14.2 Å². The van der Waals surface area contributed by atoms with E-state index in [9.17, 15) is 46.0 Å². The van der Waals surface area contributed by atoms with Crippen molar-refractivity contribution >= 4 is 0 Å². The second-order valence-corrected chi connectivity index (χ2v) is 10.5. The molecule has 0 spiro atoms. The van der Waals surface area contributed by atoms with Gasteiger partial charge in [-0.2, -0.15) is 0 Å². The summed E-state index contributed by atoms with van der Waals surface area (Å²) in [4.78, 5) is 0. The maximum atomic E-state index is 11.9. The first kappa shape index (κ1) is 25.7. The topological polar surface area (TPSA) is 210 Å². The van der Waals surface area contributed by atoms with E-state index < -0.39 is 53.0 Å². The molecule has 3 aliphatic heterocycles. The third-order valence-corrected chi connectivity index (χ3v) is 8.03. The van der Waals surface area contributed by atoms with Gasteiger partial charge in [-0.15, -0.1) is 0 Å². The van der Waals surface area contributed by atoms with E-state index in [1.54, 1.807) is 0 Å². The number of aliphatic hydroxyl groups excluding tert-OH is 2. The zero-order chi connectivity index (χ0) is 29.7. The van der Waals surface area contributed by atoms with Gasteiger partial charge in [-0.05, 0) is 35.9 Å². The van der Waals surface area contributed by atoms with Crippen molar-refractivity contribution in [1.82, 2.24) is 0 Å². The molecule has 3 aliphatic rings. The number of aromatic hydroxyl groups is 7. The lowest BCUT2D eigenvalue weighted by Crippen LogP contribution is -2.57. The van der Waals surface area contributed by atoms with Crippen LogP contribution < -0.4 is 14.2 Å². The third kappa shape index (κ3) is 3.49. The van der Waals surface area contributed by atoms with Crippen molar-refractivity contribution in [2.75, 3.05) is 0 Å². The number of hydrogen-bond acceptors (Lipinski definition) is 12. The van der Waals surface area contributed by atoms with E-state index in [2.05, 4.69) is 0 Å². The number of hydrogen-bond donors (Lipinski definition) is 9. The molecule has 4 aromatic rings. The van der Waals surface area contributed by atoms with Gasteiger partial charge < -0.3 is 60.2 Å². The molecule has 0 fully saturated rings. The predicted molar refractivity (Wildman–Crippen MR) is 141 cm³/mol. The fourth-order valence-corrected chi connectivity index (χ4v) is 6.09. The first-order valence-corrected chi connectivity index (χ1v) is 12.9. The predicted octanol–water partition coefficient (Wildman–Crippen LogP) is 2.79. The SMILES string of the molecule is Oc1cc(O)c2c(c1)O[C@]1(c3ccc(O)c(O)c3)Oc3cc(O)c4c(c3[C@@H]2[C@H]1O)O[C@@H](c1ccc(O)c(O)c1)[C@@H](O)C4. The Balaban J connectivity index is 1.47. The number of benzene rings is 4. The summed E-state index contributed by atoms with van der Waals surface area (Å²) in [5, 5.41) is 95.1. The molecule has 9 N–H and O–H groups in total. The van der Waals surface area contributed by atoms with Crippen LogP contribution in [0.25, 0.3) is 0 Å². The average Bonchev–Trinajstić information content (AvgIpc) is 2.92. The van der Waals surface area contributed by atoms with Gasteiger partial charge in [0.05, 0.1) is 12.0 Å². The van der Waals surface area contributed by atoms with E-state index in [-0.39, 0.29) is 63.2 Å². The van der Waals surface area contributed by atoms with Gasteiger partial charge in [-0.1, -0.05) is 6.07 Å². The minimum atomic E-state index is -2.09. The molecule has 216 valence electrons. The Labute approximate surface area is 236 Å². The summed E-state index contributed by atoms with van der Waals surface area (Å²) in [7, 11) is 0. The van der Waals surface area contributed by atoms with Crippen LogP contribution in [0.5, 0.6) is 57.5 Å². The fraction of sp³-hybridized carbons (Fsp3) is 0.200. The van der Waals surface area contributed by atoms with E-state index in [1.807, 2.05) is 0 Å². The van der Waals surface area contributed by atoms with Crippen molar-refractivity contribution in [3.05, 3.63) is 82.4 Å². The monoisotopic (exact) mass is 576 g/mol. The van der Waals surface area contributed by atoms with Crippen LogP contribution in [-0.2, 0) is 12.2 Å². The first-order chi connectivity index (χ1) is 20.0. The third-order valence-electron chi connectivity index (χ3n) is 8.03. The highest BCUT2D eigenvalue weighted by atomic mass is 16.7. The summed E-state index contributed by atoms with van der Waals surface area (Å²) in [6.45, 7) is 0. The normalized spacial score (nSPS) is 25.2. The van der Waals surface area contributed by atoms with Gasteiger partial charge in [0.2, 0.25) is 0 Å². The van der Waals surface area contributed by atoms with Crippen molar-refractivity contribution in [2.24, 2.45) is 0 Å². The summed E-state index contributed by atoms with van der Waals surface area (Å²) in [5.74, 6) is -6.11. The highest BCUT2D eigenvalue weighted by Crippen LogP contribution is 2.62. The van der Waals surface area contributed by atoms with Crippen molar-refractivity contribution in [3.63, 3.8) is 0 Å². The maximum Gasteiger partial charge on any atom is 0.305 e. The van der Waals surface area contributed by atoms with Gasteiger partial charge >= 0.3 is 5.79 Å². The van der Waals surface area contributed by atoms with Crippen LogP contribution in [0, 0.1) is 0 Å². The van der Waals surface area contributed by atoms with Crippen LogP contribution in [-0.4, -0.2) is 58.2 Å². The van der Waals surface area contributed by atoms with Crippen molar-refractivity contribution in [3.8, 4) is 57.5 Å². The summed E-state index contributed by atoms with van der Waals surface area (Å²) < 4.78 is 18.6. The Morgan fingerprint density at radius 3 is 2.00 bits per heavy atom. The molecule has 2 bridgehead atoms. The molecular formula is C30H24O12. The molecule has 0 saturated carbocycles. The molecule has 0 radical (unpaired) electrons. The molecule has 12 heteroatoms. The highest BCUT2D eigenvalue weighted by molar-refractivity contribution is 5.68. The molecule has 0 amide bonds. The first-order valence-electron chi connectivity index (χ1n) is 12.9. The van der Waals surface area contributed by atoms with Crippen LogP contribution >= 0.6 is 0 Å². The van der Waals surface area contributed by atoms with Crippen LogP contribution in [0.15, 0.2) is 54.6 Å². The van der Waals surface area contributed by atoms with E-state index in [0.717, 1.165) is 12.1 Å². The van der Waals surface area contributed by atoms with Crippen molar-refractivity contribution in [2.45, 2.75) is 36.4 Å². The lowest BCUT2D eigenvalue weighted by molar-refractivity contribution is -0.219. The number of phenols is 7. The number of rotatable bonds is 2. The second kappa shape index (κ2) is 8.65. The minimum absolute atomic E-state index is 0.0177. The Bertz CT molecular complexity index is 1790. The van der Waals surface area contributed by atoms with Gasteiger partial charge in [-0.25, -0.2) is 0 Å². The number of aliphatic hydroxyl groups is 2. The minimum Gasteiger partial charge on any atom is -0.508 e. The second-order valence-electron chi connectivity index (χ2n) is 10.5. The number of ether oxygens (including phenoxy) is 3. The summed E-state index contributed by atoms with van der Waals surface area (Å²) in [6.07, 6.45) is -4.00. The number of fused-ring (bicyclic) bond motifs is 8. The van der Waals surface area contributed by atoms with E-state index >= 15 is 0 Å². The Morgan fingerprint density at radius 1 is 0.643 bits per heavy atom. The van der Waals surface area contributed by atoms with Crippen LogP contribution in [0.3, 0.4) is 0 Å². The zero-order valence-corrected chi connectivity index (χ0v) is 21.5. The lowest BCUT2D eigenvalue weighted by atomic mass is 9.74. The summed E-state index contributed by atoms with van der Waals surface area (Å²) in [6, 6.07) is 11.1. The molecule has 42 heavy (non-hydrogen) atoms. The summed E-state index contributed by atoms with van der Waals surface area (Å²) in [5.41, 5.74) is 0.842. The average molecular weight is 577 g/mol. The molecule has 12 nitrogen and oxygen atoms in total. The zero-order valence-electron chi connectivity index (χ0n) is 21.5. The molecule has 5 atom stereocenters. The van der Waals surface area contributed by atoms with Gasteiger partial charge in [0.15, 0.2) is 23.0 Å². The van der Waals surface area contributed by atoms with Crippen LogP contribution in [0.4, 0.5) is 0 Å². The molecule has 0 aromatic heterocycles. The quantitative estimate of drug-likeness (QED) is 0.158. The smallest absolute Gasteiger partial charge is 0.305 e. The molecule has 3 heterocycles. The molecule has 0 unspecified atom stereocenters. The molecule has 4 aromatic carbocycles. The Morgan fingerprint density at radius 2 is 1.31 bits per heavy atom. The molecular weight excluding hydrogens is 552 g/mol. The van der Waals surface area contributed by atoms with Crippen molar-refractivity contribution < 1.29 is 60.2 Å². The van der Waals surface area contributed by atoms with Gasteiger partial charge in [0.25, 0.3) is 0 Å². The van der Waals surface area contributed by atoms with E-state index in [0.29, 0.717) is 5.56 Å². The van der Waals surface area contributed by atoms with Gasteiger partial charge in [-0.3, -0.25) is 0 Å². The van der Waals surface area contributed by atoms with Gasteiger partial charge in [0.1, 0.15) is 46.7 Å². The fourth-order valence-electron chi connectivity index (χ4n) is 6.09. The largest absolute Gasteiger partial charge is 0.508 e. The lowest BCUT2D eigenvalue weighted by Gasteiger charge is -2.50. The summed E-state index contributed by atoms with van der Waals surface area (Å²) >= 11 is 0. The molecule has 0 aliphatic carbocycles. The number of phenolic OH excluding ortho intramolecular Hbond substituents is 7.